The van der Waals surface area contributed by atoms with Crippen LogP contribution < -0.4 is 9.64 Å². The molecule has 1 atom stereocenters. The standard InChI is InChI=1S/C27H24ClN5O4/c1-31(2)8-9-37-19-6-7-21-17(10-19)11-22(30-21)27(34)32-15-18(13-28)26-20-5-3-4-16(14-29)25(20)24(33(35)36)12-23(26)32/h3-7,10-12,18,30H,8-9,13,15H2,1-2H3. The second kappa shape index (κ2) is 9.73. The highest BCUT2D eigenvalue weighted by molar-refractivity contribution is 6.19. The van der Waals surface area contributed by atoms with Crippen LogP contribution >= 0.6 is 11.6 Å². The first-order valence-electron chi connectivity index (χ1n) is 11.7. The zero-order chi connectivity index (χ0) is 26.3. The minimum atomic E-state index is -0.513. The number of carbonyl (C=O) groups is 1. The highest BCUT2D eigenvalue weighted by atomic mass is 35.5. The molecule has 9 nitrogen and oxygen atoms in total. The zero-order valence-electron chi connectivity index (χ0n) is 20.3. The van der Waals surface area contributed by atoms with Crippen LogP contribution in [0.2, 0.25) is 0 Å². The van der Waals surface area contributed by atoms with Gasteiger partial charge in [0.15, 0.2) is 0 Å². The Morgan fingerprint density at radius 2 is 2.11 bits per heavy atom. The normalized spacial score (nSPS) is 14.8. The van der Waals surface area contributed by atoms with E-state index in [0.717, 1.165) is 23.0 Å². The van der Waals surface area contributed by atoms with Crippen LogP contribution in [0.3, 0.4) is 0 Å². The number of aromatic amines is 1. The number of non-ortho nitro benzene ring substituents is 1. The van der Waals surface area contributed by atoms with Gasteiger partial charge in [0, 0.05) is 41.9 Å². The number of ether oxygens (including phenoxy) is 1. The van der Waals surface area contributed by atoms with Crippen LogP contribution in [-0.4, -0.2) is 60.4 Å². The van der Waals surface area contributed by atoms with E-state index >= 15 is 0 Å². The van der Waals surface area contributed by atoms with Gasteiger partial charge in [-0.15, -0.1) is 11.6 Å². The van der Waals surface area contributed by atoms with Crippen molar-refractivity contribution >= 4 is 50.6 Å². The second-order valence-electron chi connectivity index (χ2n) is 9.28. The number of alkyl halides is 1. The molecule has 0 saturated carbocycles. The molecule has 1 unspecified atom stereocenters. The molecule has 3 aromatic carbocycles. The predicted octanol–water partition coefficient (Wildman–Crippen LogP) is 5.02. The van der Waals surface area contributed by atoms with Crippen molar-refractivity contribution in [1.29, 1.82) is 5.26 Å². The summed E-state index contributed by atoms with van der Waals surface area (Å²) in [5.74, 6) is 0.376. The first-order valence-corrected chi connectivity index (χ1v) is 12.3. The van der Waals surface area contributed by atoms with Crippen molar-refractivity contribution in [1.82, 2.24) is 9.88 Å². The van der Waals surface area contributed by atoms with Crippen LogP contribution in [0, 0.1) is 21.4 Å². The summed E-state index contributed by atoms with van der Waals surface area (Å²) in [7, 11) is 3.95. The molecule has 1 aromatic heterocycles. The van der Waals surface area contributed by atoms with Gasteiger partial charge in [-0.1, -0.05) is 12.1 Å². The molecule has 4 aromatic rings. The van der Waals surface area contributed by atoms with Gasteiger partial charge in [0.25, 0.3) is 11.6 Å². The Bertz CT molecular complexity index is 1590. The fourth-order valence-electron chi connectivity index (χ4n) is 4.90. The summed E-state index contributed by atoms with van der Waals surface area (Å²) in [6.07, 6.45) is 0. The maximum absolute atomic E-state index is 13.7. The van der Waals surface area contributed by atoms with Gasteiger partial charge in [0.05, 0.1) is 21.6 Å². The molecule has 5 rings (SSSR count). The number of nitro benzene ring substituents is 1. The molecule has 0 aliphatic carbocycles. The number of hydrogen-bond donors (Lipinski definition) is 1. The van der Waals surface area contributed by atoms with Gasteiger partial charge in [0.1, 0.15) is 24.1 Å². The number of hydrogen-bond acceptors (Lipinski definition) is 6. The average Bonchev–Trinajstić information content (AvgIpc) is 3.48. The molecule has 1 N–H and O–H groups in total. The van der Waals surface area contributed by atoms with Crippen molar-refractivity contribution < 1.29 is 14.5 Å². The molecule has 1 aliphatic heterocycles. The van der Waals surface area contributed by atoms with E-state index in [4.69, 9.17) is 16.3 Å². The smallest absolute Gasteiger partial charge is 0.280 e. The lowest BCUT2D eigenvalue weighted by molar-refractivity contribution is -0.383. The minimum absolute atomic E-state index is 0.212. The van der Waals surface area contributed by atoms with E-state index in [1.165, 1.54) is 11.0 Å². The zero-order valence-corrected chi connectivity index (χ0v) is 21.1. The van der Waals surface area contributed by atoms with Crippen molar-refractivity contribution in [2.24, 2.45) is 0 Å². The van der Waals surface area contributed by atoms with Crippen LogP contribution in [0.15, 0.2) is 48.5 Å². The maximum atomic E-state index is 13.7. The predicted molar refractivity (Wildman–Crippen MR) is 143 cm³/mol. The van der Waals surface area contributed by atoms with Gasteiger partial charge in [-0.2, -0.15) is 5.26 Å². The summed E-state index contributed by atoms with van der Waals surface area (Å²) < 4.78 is 5.81. The molecule has 0 fully saturated rings. The number of likely N-dealkylation sites (N-methyl/N-ethyl adjacent to an activating group) is 1. The van der Waals surface area contributed by atoms with E-state index in [0.29, 0.717) is 29.1 Å². The first kappa shape index (κ1) is 24.6. The van der Waals surface area contributed by atoms with Crippen molar-refractivity contribution in [2.75, 3.05) is 44.6 Å². The van der Waals surface area contributed by atoms with Gasteiger partial charge in [-0.05, 0) is 55.4 Å². The highest BCUT2D eigenvalue weighted by Crippen LogP contribution is 2.46. The summed E-state index contributed by atoms with van der Waals surface area (Å²) in [4.78, 5) is 31.9. The number of nitrogens with zero attached hydrogens (tertiary/aromatic N) is 4. The first-order chi connectivity index (χ1) is 17.8. The molecule has 1 aliphatic rings. The summed E-state index contributed by atoms with van der Waals surface area (Å²) in [5.41, 5.74) is 2.32. The number of fused-ring (bicyclic) bond motifs is 4. The Hall–Kier alpha value is -4.13. The Balaban J connectivity index is 1.55. The molecule has 1 amide bonds. The SMILES string of the molecule is CN(C)CCOc1ccc2[nH]c(C(=O)N3CC(CCl)c4c3cc([N+](=O)[O-])c3c(C#N)cccc43)cc2c1. The lowest BCUT2D eigenvalue weighted by atomic mass is 9.93. The van der Waals surface area contributed by atoms with E-state index in [1.54, 1.807) is 24.3 Å². The second-order valence-corrected chi connectivity index (χ2v) is 9.58. The van der Waals surface area contributed by atoms with Gasteiger partial charge >= 0.3 is 0 Å². The molecule has 10 heteroatoms. The lowest BCUT2D eigenvalue weighted by Gasteiger charge is -2.17. The maximum Gasteiger partial charge on any atom is 0.280 e. The molecule has 0 bridgehead atoms. The fraction of sp³-hybridized carbons (Fsp3) is 0.259. The van der Waals surface area contributed by atoms with Gasteiger partial charge in [-0.25, -0.2) is 0 Å². The Morgan fingerprint density at radius 3 is 2.81 bits per heavy atom. The van der Waals surface area contributed by atoms with Crippen molar-refractivity contribution in [3.05, 3.63) is 75.5 Å². The third-order valence-corrected chi connectivity index (χ3v) is 7.01. The van der Waals surface area contributed by atoms with Gasteiger partial charge < -0.3 is 19.5 Å². The number of carbonyl (C=O) groups excluding carboxylic acids is 1. The molecular weight excluding hydrogens is 494 g/mol. The number of nitro groups is 1. The van der Waals surface area contributed by atoms with E-state index in [-0.39, 0.29) is 40.9 Å². The van der Waals surface area contributed by atoms with Crippen LogP contribution in [0.5, 0.6) is 5.75 Å². The molecule has 37 heavy (non-hydrogen) atoms. The number of nitriles is 1. The Labute approximate surface area is 217 Å². The summed E-state index contributed by atoms with van der Waals surface area (Å²) in [6, 6.07) is 15.8. The topological polar surface area (TPSA) is 116 Å². The number of halogens is 1. The lowest BCUT2D eigenvalue weighted by Crippen LogP contribution is -2.30. The monoisotopic (exact) mass is 517 g/mol. The van der Waals surface area contributed by atoms with Gasteiger partial charge in [-0.3, -0.25) is 14.9 Å². The summed E-state index contributed by atoms with van der Waals surface area (Å²) in [6.45, 7) is 1.60. The quantitative estimate of drug-likeness (QED) is 0.209. The van der Waals surface area contributed by atoms with Crippen LogP contribution in [-0.2, 0) is 0 Å². The highest BCUT2D eigenvalue weighted by Gasteiger charge is 2.37. The Morgan fingerprint density at radius 1 is 1.30 bits per heavy atom. The molecule has 0 saturated heterocycles. The van der Waals surface area contributed by atoms with Crippen LogP contribution in [0.4, 0.5) is 11.4 Å². The third kappa shape index (κ3) is 4.35. The Kier molecular flexibility index (Phi) is 6.46. The van der Waals surface area contributed by atoms with E-state index < -0.39 is 4.92 Å². The molecule has 188 valence electrons. The van der Waals surface area contributed by atoms with E-state index in [2.05, 4.69) is 11.1 Å². The number of anilines is 1. The van der Waals surface area contributed by atoms with Crippen LogP contribution in [0.1, 0.15) is 27.5 Å². The number of rotatable bonds is 7. The van der Waals surface area contributed by atoms with Gasteiger partial charge in [0.2, 0.25) is 0 Å². The molecular formula is C27H24ClN5O4. The summed E-state index contributed by atoms with van der Waals surface area (Å²) >= 11 is 6.31. The van der Waals surface area contributed by atoms with Crippen molar-refractivity contribution in [3.63, 3.8) is 0 Å². The largest absolute Gasteiger partial charge is 0.492 e. The molecule has 2 heterocycles. The number of benzene rings is 3. The van der Waals surface area contributed by atoms with E-state index in [1.807, 2.05) is 37.2 Å². The van der Waals surface area contributed by atoms with Crippen LogP contribution in [0.25, 0.3) is 21.7 Å². The number of amides is 1. The average molecular weight is 518 g/mol. The number of nitrogens with one attached hydrogen (secondary N) is 1. The molecule has 0 spiro atoms. The summed E-state index contributed by atoms with van der Waals surface area (Å²) in [5, 5.41) is 23.2. The van der Waals surface area contributed by atoms with E-state index in [9.17, 15) is 20.2 Å². The van der Waals surface area contributed by atoms with Crippen molar-refractivity contribution in [2.45, 2.75) is 5.92 Å². The molecule has 0 radical (unpaired) electrons. The fourth-order valence-corrected chi connectivity index (χ4v) is 5.15. The minimum Gasteiger partial charge on any atom is -0.492 e. The number of H-pyrrole nitrogens is 1. The van der Waals surface area contributed by atoms with Crippen molar-refractivity contribution in [3.8, 4) is 11.8 Å². The third-order valence-electron chi connectivity index (χ3n) is 6.64. The number of aromatic nitrogens is 1.